The second-order valence-corrected chi connectivity index (χ2v) is 7.13. The van der Waals surface area contributed by atoms with Crippen molar-refractivity contribution in [3.05, 3.63) is 0 Å². The topological polar surface area (TPSA) is 26.7 Å². The van der Waals surface area contributed by atoms with Crippen molar-refractivity contribution in [3.8, 4) is 0 Å². The lowest BCUT2D eigenvalue weighted by Gasteiger charge is -2.43. The average molecular weight is 266 g/mol. The van der Waals surface area contributed by atoms with Crippen LogP contribution in [0.4, 0.5) is 0 Å². The monoisotopic (exact) mass is 266 g/mol. The Morgan fingerprint density at radius 1 is 1.11 bits per heavy atom. The van der Waals surface area contributed by atoms with Crippen LogP contribution < -0.4 is 0 Å². The Morgan fingerprint density at radius 3 is 2.68 bits per heavy atom. The lowest BCUT2D eigenvalue weighted by Crippen LogP contribution is -2.56. The first kappa shape index (κ1) is 13.8. The Bertz CT molecular complexity index is 290. The van der Waals surface area contributed by atoms with E-state index >= 15 is 0 Å². The third kappa shape index (κ3) is 3.32. The Balaban J connectivity index is 1.47. The van der Waals surface area contributed by atoms with Gasteiger partial charge in [-0.2, -0.15) is 0 Å². The summed E-state index contributed by atoms with van der Waals surface area (Å²) in [6.07, 6.45) is 9.14. The average Bonchev–Trinajstić information content (AvgIpc) is 3.00. The molecule has 3 fully saturated rings. The fraction of sp³-hybridized carbons (Fsp3) is 1.00. The second-order valence-electron chi connectivity index (χ2n) is 7.13. The summed E-state index contributed by atoms with van der Waals surface area (Å²) in [6, 6.07) is 1.39. The van der Waals surface area contributed by atoms with Crippen LogP contribution in [0, 0.1) is 5.92 Å². The van der Waals surface area contributed by atoms with Crippen LogP contribution in [-0.4, -0.2) is 59.3 Å². The number of fused-ring (bicyclic) bond motifs is 1. The van der Waals surface area contributed by atoms with Gasteiger partial charge in [-0.25, -0.2) is 0 Å². The van der Waals surface area contributed by atoms with Gasteiger partial charge in [0.15, 0.2) is 0 Å². The Morgan fingerprint density at radius 2 is 1.89 bits per heavy atom. The minimum absolute atomic E-state index is 0.0986. The molecular formula is C16H30N2O. The molecule has 3 atom stereocenters. The van der Waals surface area contributed by atoms with Crippen LogP contribution in [0.25, 0.3) is 0 Å². The molecule has 3 heteroatoms. The molecule has 2 saturated heterocycles. The van der Waals surface area contributed by atoms with E-state index in [2.05, 4.69) is 16.7 Å². The number of rotatable bonds is 4. The Kier molecular flexibility index (Phi) is 4.45. The standard InChI is InChI=1S/C16H30N2O/c1-13-10-17-8-4-7-15(17)11-18(13)12-16(19)9-14-5-2-3-6-14/h13-16,19H,2-12H2,1H3. The Labute approximate surface area is 118 Å². The summed E-state index contributed by atoms with van der Waals surface area (Å²) in [5, 5.41) is 10.4. The zero-order valence-electron chi connectivity index (χ0n) is 12.4. The molecule has 0 amide bonds. The fourth-order valence-corrected chi connectivity index (χ4v) is 4.48. The molecule has 0 aromatic rings. The normalized spacial score (nSPS) is 35.7. The summed E-state index contributed by atoms with van der Waals surface area (Å²) in [4.78, 5) is 5.20. The zero-order valence-corrected chi connectivity index (χ0v) is 12.4. The number of aliphatic hydroxyl groups excluding tert-OH is 1. The van der Waals surface area contributed by atoms with Crippen LogP contribution >= 0.6 is 0 Å². The lowest BCUT2D eigenvalue weighted by atomic mass is 9.99. The smallest absolute Gasteiger partial charge is 0.0669 e. The molecule has 1 saturated carbocycles. The highest BCUT2D eigenvalue weighted by atomic mass is 16.3. The summed E-state index contributed by atoms with van der Waals surface area (Å²) in [5.74, 6) is 0.804. The van der Waals surface area contributed by atoms with Crippen LogP contribution in [0.5, 0.6) is 0 Å². The van der Waals surface area contributed by atoms with Crippen molar-refractivity contribution >= 4 is 0 Å². The first-order valence-corrected chi connectivity index (χ1v) is 8.38. The van der Waals surface area contributed by atoms with Gasteiger partial charge in [-0.1, -0.05) is 25.7 Å². The van der Waals surface area contributed by atoms with E-state index in [-0.39, 0.29) is 6.10 Å². The fourth-order valence-electron chi connectivity index (χ4n) is 4.48. The first-order chi connectivity index (χ1) is 9.22. The van der Waals surface area contributed by atoms with Gasteiger partial charge in [0.2, 0.25) is 0 Å². The third-order valence-corrected chi connectivity index (χ3v) is 5.59. The molecule has 2 aliphatic heterocycles. The maximum absolute atomic E-state index is 10.4. The van der Waals surface area contributed by atoms with E-state index < -0.39 is 0 Å². The van der Waals surface area contributed by atoms with Crippen LogP contribution in [0.3, 0.4) is 0 Å². The van der Waals surface area contributed by atoms with Gasteiger partial charge in [-0.15, -0.1) is 0 Å². The molecule has 0 aromatic heterocycles. The molecular weight excluding hydrogens is 236 g/mol. The number of piperazine rings is 1. The summed E-state index contributed by atoms with van der Waals surface area (Å²) in [5.41, 5.74) is 0. The molecule has 3 unspecified atom stereocenters. The maximum atomic E-state index is 10.4. The van der Waals surface area contributed by atoms with Crippen molar-refractivity contribution < 1.29 is 5.11 Å². The van der Waals surface area contributed by atoms with Crippen LogP contribution in [0.15, 0.2) is 0 Å². The van der Waals surface area contributed by atoms with Gasteiger partial charge in [-0.05, 0) is 38.6 Å². The highest BCUT2D eigenvalue weighted by Crippen LogP contribution is 2.29. The van der Waals surface area contributed by atoms with E-state index in [1.165, 1.54) is 58.2 Å². The molecule has 3 aliphatic rings. The summed E-state index contributed by atoms with van der Waals surface area (Å²) in [7, 11) is 0. The van der Waals surface area contributed by atoms with E-state index in [0.29, 0.717) is 6.04 Å². The molecule has 0 radical (unpaired) electrons. The van der Waals surface area contributed by atoms with Crippen LogP contribution in [0.2, 0.25) is 0 Å². The van der Waals surface area contributed by atoms with Gasteiger partial charge in [-0.3, -0.25) is 9.80 Å². The number of β-amino-alcohol motifs (C(OH)–C–C–N with tert-alkyl or cyclic N) is 1. The molecule has 0 aromatic carbocycles. The predicted octanol–water partition coefficient (Wildman–Crippen LogP) is 2.10. The number of hydrogen-bond donors (Lipinski definition) is 1. The quantitative estimate of drug-likeness (QED) is 0.844. The molecule has 0 bridgehead atoms. The van der Waals surface area contributed by atoms with E-state index in [1.807, 2.05) is 0 Å². The minimum atomic E-state index is -0.0986. The van der Waals surface area contributed by atoms with Gasteiger partial charge < -0.3 is 5.11 Å². The van der Waals surface area contributed by atoms with E-state index in [9.17, 15) is 5.11 Å². The van der Waals surface area contributed by atoms with Gasteiger partial charge in [0.1, 0.15) is 0 Å². The maximum Gasteiger partial charge on any atom is 0.0669 e. The zero-order chi connectivity index (χ0) is 13.2. The molecule has 0 spiro atoms. The molecule has 19 heavy (non-hydrogen) atoms. The van der Waals surface area contributed by atoms with Crippen molar-refractivity contribution in [1.29, 1.82) is 0 Å². The summed E-state index contributed by atoms with van der Waals surface area (Å²) in [6.45, 7) is 6.93. The second kappa shape index (κ2) is 6.11. The van der Waals surface area contributed by atoms with Crippen molar-refractivity contribution in [2.45, 2.75) is 70.1 Å². The predicted molar refractivity (Wildman–Crippen MR) is 78.2 cm³/mol. The van der Waals surface area contributed by atoms with Gasteiger partial charge in [0.25, 0.3) is 0 Å². The van der Waals surface area contributed by atoms with Gasteiger partial charge >= 0.3 is 0 Å². The lowest BCUT2D eigenvalue weighted by molar-refractivity contribution is 0.0165. The molecule has 3 nitrogen and oxygen atoms in total. The van der Waals surface area contributed by atoms with Gasteiger partial charge in [0, 0.05) is 31.7 Å². The van der Waals surface area contributed by atoms with Crippen molar-refractivity contribution in [2.75, 3.05) is 26.2 Å². The molecule has 3 rings (SSSR count). The van der Waals surface area contributed by atoms with E-state index in [0.717, 1.165) is 24.9 Å². The van der Waals surface area contributed by atoms with Crippen LogP contribution in [-0.2, 0) is 0 Å². The van der Waals surface area contributed by atoms with E-state index in [4.69, 9.17) is 0 Å². The first-order valence-electron chi connectivity index (χ1n) is 8.38. The number of aliphatic hydroxyl groups is 1. The highest BCUT2D eigenvalue weighted by Gasteiger charge is 2.35. The van der Waals surface area contributed by atoms with E-state index in [1.54, 1.807) is 0 Å². The Hall–Kier alpha value is -0.120. The molecule has 1 N–H and O–H groups in total. The minimum Gasteiger partial charge on any atom is -0.392 e. The molecule has 110 valence electrons. The van der Waals surface area contributed by atoms with Gasteiger partial charge in [0.05, 0.1) is 6.10 Å². The van der Waals surface area contributed by atoms with Crippen molar-refractivity contribution in [3.63, 3.8) is 0 Å². The molecule has 1 aliphatic carbocycles. The summed E-state index contributed by atoms with van der Waals surface area (Å²) < 4.78 is 0. The SMILES string of the molecule is CC1CN2CCCC2CN1CC(O)CC1CCCC1. The summed E-state index contributed by atoms with van der Waals surface area (Å²) >= 11 is 0. The van der Waals surface area contributed by atoms with Crippen molar-refractivity contribution in [2.24, 2.45) is 5.92 Å². The van der Waals surface area contributed by atoms with Crippen LogP contribution in [0.1, 0.15) is 51.9 Å². The largest absolute Gasteiger partial charge is 0.392 e. The number of hydrogen-bond acceptors (Lipinski definition) is 3. The third-order valence-electron chi connectivity index (χ3n) is 5.59. The highest BCUT2D eigenvalue weighted by molar-refractivity contribution is 4.91. The molecule has 2 heterocycles. The van der Waals surface area contributed by atoms with Crippen molar-refractivity contribution in [1.82, 2.24) is 9.80 Å². The number of nitrogens with zero attached hydrogens (tertiary/aromatic N) is 2.